The Bertz CT molecular complexity index is 1430. The van der Waals surface area contributed by atoms with Gasteiger partial charge in [-0.2, -0.15) is 4.31 Å². The number of hydrogen-bond donors (Lipinski definition) is 0. The highest BCUT2D eigenvalue weighted by Crippen LogP contribution is 2.35. The number of para-hydroxylation sites is 1. The fourth-order valence-electron chi connectivity index (χ4n) is 5.16. The molecule has 188 valence electrons. The summed E-state index contributed by atoms with van der Waals surface area (Å²) in [7, 11) is -4.00. The van der Waals surface area contributed by atoms with E-state index in [0.717, 1.165) is 17.7 Å². The molecular weight excluding hydrogens is 481 g/mol. The molecule has 36 heavy (non-hydrogen) atoms. The van der Waals surface area contributed by atoms with Gasteiger partial charge in [-0.05, 0) is 63.0 Å². The van der Waals surface area contributed by atoms with Crippen molar-refractivity contribution in [1.82, 2.24) is 9.46 Å². The van der Waals surface area contributed by atoms with Gasteiger partial charge in [0.15, 0.2) is 10.7 Å². The van der Waals surface area contributed by atoms with E-state index < -0.39 is 21.8 Å². The van der Waals surface area contributed by atoms with Crippen LogP contribution in [-0.2, 0) is 21.2 Å². The Hall–Kier alpha value is -3.30. The van der Waals surface area contributed by atoms with Gasteiger partial charge in [0.25, 0.3) is 0 Å². The van der Waals surface area contributed by atoms with Gasteiger partial charge in [-0.1, -0.05) is 41.6 Å². The maximum absolute atomic E-state index is 14.0. The van der Waals surface area contributed by atoms with Crippen molar-refractivity contribution in [2.24, 2.45) is 5.92 Å². The number of anilines is 1. The molecule has 3 aromatic rings. The van der Waals surface area contributed by atoms with E-state index in [0.29, 0.717) is 24.9 Å². The number of benzene rings is 2. The second kappa shape index (κ2) is 9.63. The van der Waals surface area contributed by atoms with Gasteiger partial charge >= 0.3 is 0 Å². The first-order valence-electron chi connectivity index (χ1n) is 12.1. The SMILES string of the molecule is Cc1noc(/C=C/c2ccccc2F)c1S(=O)(=O)N1CCCC(C(=O)N2c3ccccc3CC2C)C1. The first-order valence-corrected chi connectivity index (χ1v) is 13.5. The van der Waals surface area contributed by atoms with E-state index in [9.17, 15) is 17.6 Å². The fraction of sp³-hybridized carbons (Fsp3) is 0.333. The molecular formula is C27H28FN3O4S. The number of rotatable bonds is 5. The number of carbonyl (C=O) groups is 1. The minimum Gasteiger partial charge on any atom is -0.355 e. The first kappa shape index (κ1) is 24.4. The van der Waals surface area contributed by atoms with Gasteiger partial charge in [0.1, 0.15) is 11.5 Å². The summed E-state index contributed by atoms with van der Waals surface area (Å²) in [4.78, 5) is 15.4. The van der Waals surface area contributed by atoms with Gasteiger partial charge in [0, 0.05) is 30.4 Å². The smallest absolute Gasteiger partial charge is 0.248 e. The number of halogens is 1. The molecule has 2 atom stereocenters. The fourth-order valence-corrected chi connectivity index (χ4v) is 6.94. The van der Waals surface area contributed by atoms with Crippen LogP contribution in [-0.4, -0.2) is 42.9 Å². The number of piperidine rings is 1. The van der Waals surface area contributed by atoms with Crippen molar-refractivity contribution in [3.8, 4) is 0 Å². The monoisotopic (exact) mass is 509 g/mol. The van der Waals surface area contributed by atoms with Crippen LogP contribution < -0.4 is 4.90 Å². The summed E-state index contributed by atoms with van der Waals surface area (Å²) in [6.45, 7) is 3.98. The minimum absolute atomic E-state index is 0.0253. The summed E-state index contributed by atoms with van der Waals surface area (Å²) >= 11 is 0. The topological polar surface area (TPSA) is 83.7 Å². The molecule has 0 saturated carbocycles. The van der Waals surface area contributed by atoms with Gasteiger partial charge in [-0.3, -0.25) is 4.79 Å². The summed E-state index contributed by atoms with van der Waals surface area (Å²) in [5.41, 5.74) is 2.56. The molecule has 1 saturated heterocycles. The maximum Gasteiger partial charge on any atom is 0.248 e. The molecule has 0 N–H and O–H groups in total. The van der Waals surface area contributed by atoms with Crippen molar-refractivity contribution in [2.75, 3.05) is 18.0 Å². The summed E-state index contributed by atoms with van der Waals surface area (Å²) in [5.74, 6) is -0.885. The Kier molecular flexibility index (Phi) is 6.53. The Labute approximate surface area is 210 Å². The molecule has 1 fully saturated rings. The van der Waals surface area contributed by atoms with Crippen molar-refractivity contribution in [2.45, 2.75) is 44.0 Å². The minimum atomic E-state index is -4.00. The van der Waals surface area contributed by atoms with E-state index in [1.165, 1.54) is 22.5 Å². The van der Waals surface area contributed by atoms with Crippen LogP contribution in [0.5, 0.6) is 0 Å². The lowest BCUT2D eigenvalue weighted by atomic mass is 9.97. The summed E-state index contributed by atoms with van der Waals surface area (Å²) in [6.07, 6.45) is 4.86. The van der Waals surface area contributed by atoms with Crippen LogP contribution in [0.1, 0.15) is 42.3 Å². The lowest BCUT2D eigenvalue weighted by molar-refractivity contribution is -0.123. The maximum atomic E-state index is 14.0. The normalized spacial score (nSPS) is 20.7. The molecule has 2 aromatic carbocycles. The molecule has 2 unspecified atom stereocenters. The van der Waals surface area contributed by atoms with Crippen LogP contribution in [0, 0.1) is 18.7 Å². The number of fused-ring (bicyclic) bond motifs is 1. The molecule has 9 heteroatoms. The zero-order valence-electron chi connectivity index (χ0n) is 20.2. The van der Waals surface area contributed by atoms with E-state index in [1.54, 1.807) is 25.1 Å². The van der Waals surface area contributed by atoms with E-state index in [1.807, 2.05) is 36.1 Å². The van der Waals surface area contributed by atoms with Crippen LogP contribution in [0.15, 0.2) is 57.9 Å². The van der Waals surface area contributed by atoms with E-state index in [2.05, 4.69) is 5.16 Å². The van der Waals surface area contributed by atoms with Crippen molar-refractivity contribution >= 4 is 33.8 Å². The Morgan fingerprint density at radius 1 is 1.14 bits per heavy atom. The lowest BCUT2D eigenvalue weighted by Gasteiger charge is -2.34. The van der Waals surface area contributed by atoms with Crippen LogP contribution >= 0.6 is 0 Å². The summed E-state index contributed by atoms with van der Waals surface area (Å²) in [5, 5.41) is 3.86. The van der Waals surface area contributed by atoms with Gasteiger partial charge in [-0.25, -0.2) is 12.8 Å². The average Bonchev–Trinajstić information content (AvgIpc) is 3.42. The van der Waals surface area contributed by atoms with Crippen molar-refractivity contribution in [3.63, 3.8) is 0 Å². The predicted molar refractivity (Wildman–Crippen MR) is 135 cm³/mol. The zero-order chi connectivity index (χ0) is 25.4. The molecule has 0 aliphatic carbocycles. The average molecular weight is 510 g/mol. The van der Waals surface area contributed by atoms with E-state index in [4.69, 9.17) is 4.52 Å². The Morgan fingerprint density at radius 3 is 2.69 bits per heavy atom. The Balaban J connectivity index is 1.40. The Morgan fingerprint density at radius 2 is 1.89 bits per heavy atom. The number of aryl methyl sites for hydroxylation is 1. The van der Waals surface area contributed by atoms with Gasteiger partial charge in [0.05, 0.1) is 5.92 Å². The second-order valence-electron chi connectivity index (χ2n) is 9.41. The molecule has 5 rings (SSSR count). The van der Waals surface area contributed by atoms with E-state index >= 15 is 0 Å². The molecule has 2 aliphatic heterocycles. The third kappa shape index (κ3) is 4.37. The number of amides is 1. The molecule has 7 nitrogen and oxygen atoms in total. The lowest BCUT2D eigenvalue weighted by Crippen LogP contribution is -2.48. The first-order chi connectivity index (χ1) is 17.3. The highest BCUT2D eigenvalue weighted by Gasteiger charge is 2.40. The third-order valence-corrected chi connectivity index (χ3v) is 8.95. The quantitative estimate of drug-likeness (QED) is 0.499. The molecule has 2 aliphatic rings. The standard InChI is InChI=1S/C27H28FN3O4S/c1-18-16-21-9-4-6-12-24(21)31(18)27(32)22-10-7-15-30(17-22)36(33,34)26-19(2)29-35-25(26)14-13-20-8-3-5-11-23(20)28/h3-6,8-9,11-14,18,22H,7,10,15-17H2,1-2H3/b14-13+. The van der Waals surface area contributed by atoms with Crippen molar-refractivity contribution < 1.29 is 22.1 Å². The number of aromatic nitrogens is 1. The molecule has 0 radical (unpaired) electrons. The van der Waals surface area contributed by atoms with Gasteiger partial charge < -0.3 is 9.42 Å². The largest absolute Gasteiger partial charge is 0.355 e. The molecule has 3 heterocycles. The molecule has 1 amide bonds. The summed E-state index contributed by atoms with van der Waals surface area (Å²) in [6, 6.07) is 14.1. The molecule has 0 bridgehead atoms. The third-order valence-electron chi connectivity index (χ3n) is 6.93. The highest BCUT2D eigenvalue weighted by molar-refractivity contribution is 7.89. The van der Waals surface area contributed by atoms with Crippen LogP contribution in [0.25, 0.3) is 12.2 Å². The number of sulfonamides is 1. The van der Waals surface area contributed by atoms with Crippen LogP contribution in [0.3, 0.4) is 0 Å². The second-order valence-corrected chi connectivity index (χ2v) is 11.3. The molecule has 0 spiro atoms. The predicted octanol–water partition coefficient (Wildman–Crippen LogP) is 4.67. The van der Waals surface area contributed by atoms with Crippen LogP contribution in [0.2, 0.25) is 0 Å². The van der Waals surface area contributed by atoms with E-state index in [-0.39, 0.29) is 34.8 Å². The van der Waals surface area contributed by atoms with Crippen molar-refractivity contribution in [3.05, 3.63) is 76.9 Å². The number of carbonyl (C=O) groups excluding carboxylic acids is 1. The zero-order valence-corrected chi connectivity index (χ0v) is 21.0. The van der Waals surface area contributed by atoms with Crippen molar-refractivity contribution in [1.29, 1.82) is 0 Å². The highest BCUT2D eigenvalue weighted by atomic mass is 32.2. The number of hydrogen-bond acceptors (Lipinski definition) is 5. The van der Waals surface area contributed by atoms with Gasteiger partial charge in [-0.15, -0.1) is 0 Å². The molecule has 1 aromatic heterocycles. The number of nitrogens with zero attached hydrogens (tertiary/aromatic N) is 3. The van der Waals surface area contributed by atoms with Crippen LogP contribution in [0.4, 0.5) is 10.1 Å². The summed E-state index contributed by atoms with van der Waals surface area (Å²) < 4.78 is 48.1. The van der Waals surface area contributed by atoms with Gasteiger partial charge in [0.2, 0.25) is 15.9 Å².